The first-order valence-corrected chi connectivity index (χ1v) is 8.02. The molecule has 0 amide bonds. The Kier molecular flexibility index (Phi) is 5.29. The number of carboxylic acids is 1. The number of aliphatic carboxylic acids is 1. The minimum atomic E-state index is -0.947. The highest BCUT2D eigenvalue weighted by atomic mass is 16.6. The summed E-state index contributed by atoms with van der Waals surface area (Å²) in [7, 11) is 0. The van der Waals surface area contributed by atoms with Gasteiger partial charge in [-0.1, -0.05) is 25.1 Å². The number of likely N-dealkylation sites (N-methyl/N-ethyl adjacent to an activating group) is 1. The average molecular weight is 332 g/mol. The van der Waals surface area contributed by atoms with Crippen molar-refractivity contribution in [3.05, 3.63) is 35.5 Å². The van der Waals surface area contributed by atoms with Gasteiger partial charge in [-0.25, -0.2) is 4.79 Å². The van der Waals surface area contributed by atoms with E-state index < -0.39 is 23.6 Å². The average Bonchev–Trinajstić information content (AvgIpc) is 2.84. The number of carboxylic acid groups (broad SMARTS) is 1. The second-order valence-corrected chi connectivity index (χ2v) is 6.68. The number of hydrogen-bond donors (Lipinski definition) is 3. The molecular formula is C18H24N2O4. The van der Waals surface area contributed by atoms with Gasteiger partial charge in [-0.05, 0) is 38.9 Å². The molecule has 24 heavy (non-hydrogen) atoms. The van der Waals surface area contributed by atoms with Gasteiger partial charge >= 0.3 is 11.9 Å². The largest absolute Gasteiger partial charge is 0.480 e. The monoisotopic (exact) mass is 332 g/mol. The van der Waals surface area contributed by atoms with Crippen molar-refractivity contribution in [3.8, 4) is 0 Å². The molecule has 0 aliphatic carbocycles. The molecule has 0 aliphatic rings. The summed E-state index contributed by atoms with van der Waals surface area (Å²) in [5.74, 6) is -1.42. The summed E-state index contributed by atoms with van der Waals surface area (Å²) >= 11 is 0. The lowest BCUT2D eigenvalue weighted by molar-refractivity contribution is -0.139. The van der Waals surface area contributed by atoms with Crippen LogP contribution in [0.5, 0.6) is 0 Å². The van der Waals surface area contributed by atoms with Crippen LogP contribution in [0, 0.1) is 0 Å². The number of rotatable bonds is 6. The maximum absolute atomic E-state index is 12.5. The fourth-order valence-electron chi connectivity index (χ4n) is 2.61. The van der Waals surface area contributed by atoms with E-state index in [1.807, 2.05) is 31.2 Å². The summed E-state index contributed by atoms with van der Waals surface area (Å²) in [6, 6.07) is 6.69. The number of hydrogen-bond acceptors (Lipinski definition) is 4. The van der Waals surface area contributed by atoms with Crippen molar-refractivity contribution < 1.29 is 19.4 Å². The van der Waals surface area contributed by atoms with E-state index in [2.05, 4.69) is 10.3 Å². The second-order valence-electron chi connectivity index (χ2n) is 6.68. The number of nitrogens with one attached hydrogen (secondary N) is 2. The van der Waals surface area contributed by atoms with Crippen molar-refractivity contribution in [1.29, 1.82) is 0 Å². The molecule has 1 heterocycles. The lowest BCUT2D eigenvalue weighted by atomic mass is 10.0. The first-order chi connectivity index (χ1) is 11.2. The Balaban J connectivity index is 2.47. The Bertz CT molecular complexity index is 743. The Labute approximate surface area is 141 Å². The third-order valence-corrected chi connectivity index (χ3v) is 3.57. The predicted molar refractivity (Wildman–Crippen MR) is 92.3 cm³/mol. The van der Waals surface area contributed by atoms with E-state index in [1.165, 1.54) is 0 Å². The van der Waals surface area contributed by atoms with Gasteiger partial charge in [-0.2, -0.15) is 0 Å². The highest BCUT2D eigenvalue weighted by molar-refractivity contribution is 5.98. The maximum atomic E-state index is 12.5. The number of carbonyl (C=O) groups is 2. The number of esters is 1. The molecule has 0 radical (unpaired) electrons. The molecule has 0 spiro atoms. The smallest absolute Gasteiger partial charge is 0.355 e. The van der Waals surface area contributed by atoms with Gasteiger partial charge < -0.3 is 20.1 Å². The fourth-order valence-corrected chi connectivity index (χ4v) is 2.61. The van der Waals surface area contributed by atoms with Crippen LogP contribution in [0.25, 0.3) is 10.9 Å². The lowest BCUT2D eigenvalue weighted by Crippen LogP contribution is -2.38. The molecule has 0 unspecified atom stereocenters. The molecule has 0 bridgehead atoms. The summed E-state index contributed by atoms with van der Waals surface area (Å²) in [4.78, 5) is 27.1. The van der Waals surface area contributed by atoms with Gasteiger partial charge in [0.15, 0.2) is 0 Å². The van der Waals surface area contributed by atoms with E-state index in [4.69, 9.17) is 4.74 Å². The Morgan fingerprint density at radius 1 is 1.29 bits per heavy atom. The molecule has 3 N–H and O–H groups in total. The first kappa shape index (κ1) is 18.0. The highest BCUT2D eigenvalue weighted by Crippen LogP contribution is 2.25. The van der Waals surface area contributed by atoms with Crippen molar-refractivity contribution in [2.24, 2.45) is 0 Å². The molecule has 6 nitrogen and oxygen atoms in total. The minimum Gasteiger partial charge on any atom is -0.480 e. The van der Waals surface area contributed by atoms with E-state index in [9.17, 15) is 14.7 Å². The van der Waals surface area contributed by atoms with Crippen LogP contribution in [0.2, 0.25) is 0 Å². The van der Waals surface area contributed by atoms with Crippen LogP contribution in [-0.2, 0) is 16.0 Å². The van der Waals surface area contributed by atoms with Crippen LogP contribution in [0.1, 0.15) is 43.7 Å². The van der Waals surface area contributed by atoms with Crippen LogP contribution in [0.3, 0.4) is 0 Å². The van der Waals surface area contributed by atoms with Gasteiger partial charge in [-0.3, -0.25) is 4.79 Å². The zero-order chi connectivity index (χ0) is 17.9. The van der Waals surface area contributed by atoms with Gasteiger partial charge in [0.05, 0.1) is 0 Å². The maximum Gasteiger partial charge on any atom is 0.355 e. The summed E-state index contributed by atoms with van der Waals surface area (Å²) in [5.41, 5.74) is 1.14. The summed E-state index contributed by atoms with van der Waals surface area (Å²) < 4.78 is 5.46. The van der Waals surface area contributed by atoms with Gasteiger partial charge in [0.25, 0.3) is 0 Å². The van der Waals surface area contributed by atoms with E-state index in [0.717, 1.165) is 10.9 Å². The molecule has 0 saturated carbocycles. The molecule has 1 atom stereocenters. The number of ether oxygens (including phenoxy) is 1. The zero-order valence-corrected chi connectivity index (χ0v) is 14.5. The van der Waals surface area contributed by atoms with Crippen molar-refractivity contribution in [3.63, 3.8) is 0 Å². The Morgan fingerprint density at radius 3 is 2.54 bits per heavy atom. The van der Waals surface area contributed by atoms with Gasteiger partial charge in [0.1, 0.15) is 17.3 Å². The van der Waals surface area contributed by atoms with E-state index >= 15 is 0 Å². The third kappa shape index (κ3) is 4.14. The van der Waals surface area contributed by atoms with Crippen LogP contribution in [0.15, 0.2) is 24.3 Å². The van der Waals surface area contributed by atoms with E-state index in [-0.39, 0.29) is 6.42 Å². The SMILES string of the molecule is CCN[C@@H](Cc1c(C(=O)OC(C)(C)C)[nH]c2ccccc12)C(=O)O. The van der Waals surface area contributed by atoms with Gasteiger partial charge in [-0.15, -0.1) is 0 Å². The predicted octanol–water partition coefficient (Wildman–Crippen LogP) is 2.73. The highest BCUT2D eigenvalue weighted by Gasteiger charge is 2.27. The van der Waals surface area contributed by atoms with Crippen LogP contribution >= 0.6 is 0 Å². The number of H-pyrrole nitrogens is 1. The summed E-state index contributed by atoms with van der Waals surface area (Å²) in [6.45, 7) is 7.77. The Morgan fingerprint density at radius 2 is 1.96 bits per heavy atom. The summed E-state index contributed by atoms with van der Waals surface area (Å²) in [6.07, 6.45) is 0.196. The lowest BCUT2D eigenvalue weighted by Gasteiger charge is -2.20. The van der Waals surface area contributed by atoms with Crippen molar-refractivity contribution in [1.82, 2.24) is 10.3 Å². The topological polar surface area (TPSA) is 91.4 Å². The van der Waals surface area contributed by atoms with Crippen molar-refractivity contribution >= 4 is 22.8 Å². The number of fused-ring (bicyclic) bond motifs is 1. The third-order valence-electron chi connectivity index (χ3n) is 3.57. The van der Waals surface area contributed by atoms with Crippen LogP contribution in [0.4, 0.5) is 0 Å². The second kappa shape index (κ2) is 7.05. The van der Waals surface area contributed by atoms with Crippen molar-refractivity contribution in [2.75, 3.05) is 6.54 Å². The molecule has 1 aromatic carbocycles. The first-order valence-electron chi connectivity index (χ1n) is 8.02. The fraction of sp³-hybridized carbons (Fsp3) is 0.444. The number of carbonyl (C=O) groups excluding carboxylic acids is 1. The standard InChI is InChI=1S/C18H24N2O4/c1-5-19-14(16(21)22)10-12-11-8-6-7-9-13(11)20-15(12)17(23)24-18(2,3)4/h6-9,14,19-20H,5,10H2,1-4H3,(H,21,22)/t14-/m0/s1. The molecule has 2 aromatic rings. The summed E-state index contributed by atoms with van der Waals surface area (Å²) in [5, 5.41) is 13.2. The molecule has 0 saturated heterocycles. The molecule has 0 fully saturated rings. The number of para-hydroxylation sites is 1. The molecule has 130 valence electrons. The van der Waals surface area contributed by atoms with Crippen molar-refractivity contribution in [2.45, 2.75) is 45.8 Å². The minimum absolute atomic E-state index is 0.196. The van der Waals surface area contributed by atoms with Gasteiger partial charge in [0, 0.05) is 17.3 Å². The number of aromatic amines is 1. The van der Waals surface area contributed by atoms with E-state index in [1.54, 1.807) is 20.8 Å². The number of benzene rings is 1. The molecular weight excluding hydrogens is 308 g/mol. The Hall–Kier alpha value is -2.34. The molecule has 0 aliphatic heterocycles. The van der Waals surface area contributed by atoms with Gasteiger partial charge in [0.2, 0.25) is 0 Å². The molecule has 1 aromatic heterocycles. The zero-order valence-electron chi connectivity index (χ0n) is 14.5. The van der Waals surface area contributed by atoms with Crippen LogP contribution in [-0.4, -0.2) is 40.2 Å². The molecule has 2 rings (SSSR count). The quantitative estimate of drug-likeness (QED) is 0.708. The van der Waals surface area contributed by atoms with Crippen LogP contribution < -0.4 is 5.32 Å². The van der Waals surface area contributed by atoms with E-state index in [0.29, 0.717) is 17.8 Å². The number of aromatic nitrogens is 1. The molecule has 6 heteroatoms. The normalized spacial score (nSPS) is 13.0.